The smallest absolute Gasteiger partial charge is 0.337 e. The fourth-order valence-electron chi connectivity index (χ4n) is 2.22. The maximum atomic E-state index is 12.4. The first-order chi connectivity index (χ1) is 11.2. The number of amides is 1. The molecular formula is C17H14N2O4. The highest BCUT2D eigenvalue weighted by Gasteiger charge is 2.14. The molecular weight excluding hydrogens is 296 g/mol. The number of carbonyl (C=O) groups is 1. The summed E-state index contributed by atoms with van der Waals surface area (Å²) in [6.07, 6.45) is 3.14. The van der Waals surface area contributed by atoms with Gasteiger partial charge in [0, 0.05) is 23.7 Å². The Balaban J connectivity index is 2.02. The lowest BCUT2D eigenvalue weighted by atomic mass is 10.1. The molecule has 3 rings (SSSR count). The first kappa shape index (κ1) is 14.8. The second kappa shape index (κ2) is 6.31. The molecule has 6 heteroatoms. The zero-order valence-electron chi connectivity index (χ0n) is 12.4. The molecule has 0 saturated heterocycles. The van der Waals surface area contributed by atoms with Crippen LogP contribution in [0.15, 0.2) is 58.0 Å². The molecule has 0 atom stereocenters. The molecule has 23 heavy (non-hydrogen) atoms. The van der Waals surface area contributed by atoms with Crippen LogP contribution in [0.25, 0.3) is 11.0 Å². The molecule has 1 N–H and O–H groups in total. The maximum absolute atomic E-state index is 12.4. The van der Waals surface area contributed by atoms with Crippen molar-refractivity contribution in [1.29, 1.82) is 0 Å². The van der Waals surface area contributed by atoms with Crippen LogP contribution in [0, 0.1) is 0 Å². The average Bonchev–Trinajstić information content (AvgIpc) is 2.55. The molecule has 2 heterocycles. The van der Waals surface area contributed by atoms with E-state index in [1.165, 1.54) is 12.3 Å². The van der Waals surface area contributed by atoms with Crippen LogP contribution >= 0.6 is 0 Å². The van der Waals surface area contributed by atoms with Crippen molar-refractivity contribution in [1.82, 2.24) is 4.98 Å². The van der Waals surface area contributed by atoms with E-state index >= 15 is 0 Å². The fraction of sp³-hybridized carbons (Fsp3) is 0.118. The van der Waals surface area contributed by atoms with Crippen molar-refractivity contribution in [3.8, 4) is 5.75 Å². The number of anilines is 1. The van der Waals surface area contributed by atoms with Gasteiger partial charge in [0.25, 0.3) is 5.91 Å². The predicted octanol–water partition coefficient (Wildman–Crippen LogP) is 2.84. The van der Waals surface area contributed by atoms with Crippen LogP contribution in [0.1, 0.15) is 17.3 Å². The van der Waals surface area contributed by atoms with Gasteiger partial charge in [-0.15, -0.1) is 0 Å². The summed E-state index contributed by atoms with van der Waals surface area (Å²) >= 11 is 0. The summed E-state index contributed by atoms with van der Waals surface area (Å²) < 4.78 is 10.5. The van der Waals surface area contributed by atoms with E-state index in [0.717, 1.165) is 0 Å². The average molecular weight is 310 g/mol. The number of ether oxygens (including phenoxy) is 1. The number of rotatable bonds is 4. The summed E-state index contributed by atoms with van der Waals surface area (Å²) in [6.45, 7) is 2.36. The Morgan fingerprint density at radius 3 is 2.91 bits per heavy atom. The van der Waals surface area contributed by atoms with Gasteiger partial charge in [0.15, 0.2) is 0 Å². The molecule has 0 saturated carbocycles. The Hall–Kier alpha value is -3.15. The first-order valence-corrected chi connectivity index (χ1v) is 7.09. The molecule has 1 amide bonds. The molecule has 116 valence electrons. The van der Waals surface area contributed by atoms with E-state index in [-0.39, 0.29) is 5.56 Å². The van der Waals surface area contributed by atoms with E-state index in [4.69, 9.17) is 9.15 Å². The summed E-state index contributed by atoms with van der Waals surface area (Å²) in [4.78, 5) is 28.1. The zero-order valence-corrected chi connectivity index (χ0v) is 12.4. The predicted molar refractivity (Wildman–Crippen MR) is 85.8 cm³/mol. The van der Waals surface area contributed by atoms with Gasteiger partial charge in [0.2, 0.25) is 0 Å². The number of benzene rings is 1. The van der Waals surface area contributed by atoms with Crippen LogP contribution in [0.5, 0.6) is 5.75 Å². The van der Waals surface area contributed by atoms with Gasteiger partial charge in [-0.25, -0.2) is 4.79 Å². The number of carbonyl (C=O) groups excluding carboxylic acids is 1. The van der Waals surface area contributed by atoms with Crippen molar-refractivity contribution in [2.45, 2.75) is 6.92 Å². The second-order valence-corrected chi connectivity index (χ2v) is 4.77. The topological polar surface area (TPSA) is 81.4 Å². The van der Waals surface area contributed by atoms with E-state index < -0.39 is 11.5 Å². The summed E-state index contributed by atoms with van der Waals surface area (Å²) in [5, 5.41) is 3.24. The SMILES string of the molecule is CCOc1ccc2c(C(=O)Nc3cccnc3)cc(=O)oc2c1. The molecule has 0 bridgehead atoms. The lowest BCUT2D eigenvalue weighted by Gasteiger charge is -2.08. The second-order valence-electron chi connectivity index (χ2n) is 4.77. The fourth-order valence-corrected chi connectivity index (χ4v) is 2.22. The minimum atomic E-state index is -0.595. The molecule has 0 aliphatic carbocycles. The van der Waals surface area contributed by atoms with Gasteiger partial charge in [-0.3, -0.25) is 9.78 Å². The van der Waals surface area contributed by atoms with Crippen LogP contribution < -0.4 is 15.7 Å². The maximum Gasteiger partial charge on any atom is 0.337 e. The number of aromatic nitrogens is 1. The Morgan fingerprint density at radius 1 is 1.30 bits per heavy atom. The Bertz CT molecular complexity index is 903. The van der Waals surface area contributed by atoms with Gasteiger partial charge in [-0.05, 0) is 31.2 Å². The van der Waals surface area contributed by atoms with Crippen molar-refractivity contribution in [3.05, 3.63) is 64.8 Å². The van der Waals surface area contributed by atoms with Gasteiger partial charge < -0.3 is 14.5 Å². The standard InChI is InChI=1S/C17H14N2O4/c1-2-22-12-5-6-13-14(9-16(20)23-15(13)8-12)17(21)19-11-4-3-7-18-10-11/h3-10H,2H2,1H3,(H,19,21). The zero-order chi connectivity index (χ0) is 16.2. The molecule has 0 spiro atoms. The summed E-state index contributed by atoms with van der Waals surface area (Å²) in [5.74, 6) is 0.174. The molecule has 1 aromatic carbocycles. The van der Waals surface area contributed by atoms with Crippen molar-refractivity contribution in [2.75, 3.05) is 11.9 Å². The molecule has 2 aromatic heterocycles. The molecule has 3 aromatic rings. The lowest BCUT2D eigenvalue weighted by molar-refractivity contribution is 0.102. The third kappa shape index (κ3) is 3.21. The Kier molecular flexibility index (Phi) is 4.05. The van der Waals surface area contributed by atoms with E-state index in [0.29, 0.717) is 29.0 Å². The third-order valence-electron chi connectivity index (χ3n) is 3.19. The van der Waals surface area contributed by atoms with Crippen molar-refractivity contribution < 1.29 is 13.9 Å². The molecule has 0 unspecified atom stereocenters. The van der Waals surface area contributed by atoms with E-state index in [2.05, 4.69) is 10.3 Å². The van der Waals surface area contributed by atoms with E-state index in [1.54, 1.807) is 36.5 Å². The van der Waals surface area contributed by atoms with Crippen LogP contribution in [0.4, 0.5) is 5.69 Å². The number of nitrogens with zero attached hydrogens (tertiary/aromatic N) is 1. The summed E-state index contributed by atoms with van der Waals surface area (Å²) in [6, 6.07) is 9.62. The molecule has 0 aliphatic heterocycles. The summed E-state index contributed by atoms with van der Waals surface area (Å²) in [7, 11) is 0. The highest BCUT2D eigenvalue weighted by Crippen LogP contribution is 2.23. The van der Waals surface area contributed by atoms with Crippen LogP contribution in [-0.4, -0.2) is 17.5 Å². The first-order valence-electron chi connectivity index (χ1n) is 7.09. The Morgan fingerprint density at radius 2 is 2.17 bits per heavy atom. The monoisotopic (exact) mass is 310 g/mol. The van der Waals surface area contributed by atoms with Crippen molar-refractivity contribution in [3.63, 3.8) is 0 Å². The minimum absolute atomic E-state index is 0.239. The normalized spacial score (nSPS) is 10.5. The number of nitrogens with one attached hydrogen (secondary N) is 1. The molecule has 0 fully saturated rings. The molecule has 0 aliphatic rings. The highest BCUT2D eigenvalue weighted by molar-refractivity contribution is 6.12. The Labute approximate surface area is 131 Å². The van der Waals surface area contributed by atoms with Crippen LogP contribution in [0.2, 0.25) is 0 Å². The van der Waals surface area contributed by atoms with Gasteiger partial charge >= 0.3 is 5.63 Å². The van der Waals surface area contributed by atoms with Gasteiger partial charge in [-0.1, -0.05) is 0 Å². The number of fused-ring (bicyclic) bond motifs is 1. The minimum Gasteiger partial charge on any atom is -0.494 e. The third-order valence-corrected chi connectivity index (χ3v) is 3.19. The lowest BCUT2D eigenvalue weighted by Crippen LogP contribution is -2.15. The highest BCUT2D eigenvalue weighted by atomic mass is 16.5. The van der Waals surface area contributed by atoms with Crippen molar-refractivity contribution in [2.24, 2.45) is 0 Å². The van der Waals surface area contributed by atoms with Gasteiger partial charge in [0.05, 0.1) is 24.1 Å². The number of pyridine rings is 1. The summed E-state index contributed by atoms with van der Waals surface area (Å²) in [5.41, 5.74) is 0.496. The largest absolute Gasteiger partial charge is 0.494 e. The quantitative estimate of drug-likeness (QED) is 0.749. The number of hydrogen-bond donors (Lipinski definition) is 1. The van der Waals surface area contributed by atoms with Gasteiger partial charge in [0.1, 0.15) is 11.3 Å². The van der Waals surface area contributed by atoms with E-state index in [1.807, 2.05) is 6.92 Å². The van der Waals surface area contributed by atoms with Gasteiger partial charge in [-0.2, -0.15) is 0 Å². The molecule has 0 radical (unpaired) electrons. The van der Waals surface area contributed by atoms with E-state index in [9.17, 15) is 9.59 Å². The van der Waals surface area contributed by atoms with Crippen molar-refractivity contribution >= 4 is 22.6 Å². The number of hydrogen-bond acceptors (Lipinski definition) is 5. The van der Waals surface area contributed by atoms with Crippen LogP contribution in [-0.2, 0) is 0 Å². The molecule has 6 nitrogen and oxygen atoms in total. The van der Waals surface area contributed by atoms with Crippen LogP contribution in [0.3, 0.4) is 0 Å².